The van der Waals surface area contributed by atoms with Gasteiger partial charge in [0.2, 0.25) is 0 Å². The van der Waals surface area contributed by atoms with Gasteiger partial charge in [-0.3, -0.25) is 9.78 Å². The average Bonchev–Trinajstić information content (AvgIpc) is 3.39. The number of rotatable bonds is 6. The smallest absolute Gasteiger partial charge is 0.270 e. The number of pyridine rings is 1. The van der Waals surface area contributed by atoms with Gasteiger partial charge in [0.25, 0.3) is 5.91 Å². The molecule has 1 amide bonds. The minimum Gasteiger partial charge on any atom is -0.457 e. The van der Waals surface area contributed by atoms with Gasteiger partial charge in [-0.1, -0.05) is 18.2 Å². The van der Waals surface area contributed by atoms with Crippen molar-refractivity contribution in [3.05, 3.63) is 60.2 Å². The summed E-state index contributed by atoms with van der Waals surface area (Å²) < 4.78 is 7.53. The second-order valence-electron chi connectivity index (χ2n) is 6.20. The Morgan fingerprint density at radius 2 is 2.04 bits per heavy atom. The van der Waals surface area contributed by atoms with Crippen molar-refractivity contribution in [2.24, 2.45) is 0 Å². The van der Waals surface area contributed by atoms with Crippen LogP contribution >= 0.6 is 0 Å². The van der Waals surface area contributed by atoms with E-state index in [1.54, 1.807) is 23.0 Å². The second-order valence-corrected chi connectivity index (χ2v) is 6.20. The molecule has 1 aliphatic rings. The Labute approximate surface area is 150 Å². The lowest BCUT2D eigenvalue weighted by Crippen LogP contribution is -2.29. The molecular formula is C18H18N6O2. The third kappa shape index (κ3) is 3.53. The number of carbonyl (C=O) groups excluding carboxylic acids is 1. The Bertz CT molecular complexity index is 907. The molecule has 1 N–H and O–H groups in total. The summed E-state index contributed by atoms with van der Waals surface area (Å²) >= 11 is 0. The number of aromatic nitrogens is 5. The number of amides is 1. The van der Waals surface area contributed by atoms with E-state index in [0.717, 1.165) is 12.8 Å². The highest BCUT2D eigenvalue weighted by Gasteiger charge is 2.30. The molecule has 2 heterocycles. The lowest BCUT2D eigenvalue weighted by molar-refractivity contribution is 0.0932. The zero-order valence-corrected chi connectivity index (χ0v) is 14.2. The second kappa shape index (κ2) is 6.91. The molecule has 0 radical (unpaired) electrons. The number of benzene rings is 1. The van der Waals surface area contributed by atoms with Crippen molar-refractivity contribution >= 4 is 5.91 Å². The van der Waals surface area contributed by atoms with Gasteiger partial charge in [0.05, 0.1) is 12.1 Å². The van der Waals surface area contributed by atoms with E-state index < -0.39 is 0 Å². The van der Waals surface area contributed by atoms with Gasteiger partial charge >= 0.3 is 0 Å². The predicted octanol–water partition coefficient (Wildman–Crippen LogP) is 2.69. The van der Waals surface area contributed by atoms with Gasteiger partial charge < -0.3 is 10.1 Å². The fourth-order valence-electron chi connectivity index (χ4n) is 2.62. The highest BCUT2D eigenvalue weighted by Crippen LogP contribution is 2.35. The van der Waals surface area contributed by atoms with Crippen LogP contribution in [0.1, 0.15) is 48.2 Å². The van der Waals surface area contributed by atoms with Crippen LogP contribution in [-0.4, -0.2) is 31.1 Å². The fraction of sp³-hybridized carbons (Fsp3) is 0.278. The minimum absolute atomic E-state index is 0.274. The molecule has 0 unspecified atom stereocenters. The Morgan fingerprint density at radius 3 is 2.81 bits per heavy atom. The summed E-state index contributed by atoms with van der Waals surface area (Å²) in [5.41, 5.74) is 0.274. The first-order chi connectivity index (χ1) is 12.7. The Hall–Kier alpha value is -3.29. The van der Waals surface area contributed by atoms with E-state index in [2.05, 4.69) is 25.8 Å². The monoisotopic (exact) mass is 350 g/mol. The normalized spacial score (nSPS) is 14.7. The van der Waals surface area contributed by atoms with Crippen molar-refractivity contribution in [2.45, 2.75) is 31.8 Å². The molecule has 1 fully saturated rings. The molecule has 3 aromatic rings. The molecule has 1 aliphatic carbocycles. The van der Waals surface area contributed by atoms with Crippen LogP contribution in [0, 0.1) is 0 Å². The van der Waals surface area contributed by atoms with Gasteiger partial charge in [-0.2, -0.15) is 0 Å². The van der Waals surface area contributed by atoms with Crippen LogP contribution in [-0.2, 0) is 0 Å². The van der Waals surface area contributed by atoms with Crippen molar-refractivity contribution in [3.63, 3.8) is 0 Å². The van der Waals surface area contributed by atoms with Crippen LogP contribution in [0.5, 0.6) is 11.5 Å². The van der Waals surface area contributed by atoms with Gasteiger partial charge in [-0.05, 0) is 48.4 Å². The number of carbonyl (C=O) groups is 1. The van der Waals surface area contributed by atoms with Gasteiger partial charge in [0.1, 0.15) is 17.2 Å². The van der Waals surface area contributed by atoms with Crippen LogP contribution in [0.2, 0.25) is 0 Å². The number of hydrogen-bond acceptors (Lipinski definition) is 6. The summed E-state index contributed by atoms with van der Waals surface area (Å²) in [7, 11) is 0. The van der Waals surface area contributed by atoms with Gasteiger partial charge in [-0.25, -0.2) is 4.68 Å². The minimum atomic E-state index is -0.321. The van der Waals surface area contributed by atoms with Crippen LogP contribution in [0.3, 0.4) is 0 Å². The fourth-order valence-corrected chi connectivity index (χ4v) is 2.62. The summed E-state index contributed by atoms with van der Waals surface area (Å²) in [6.07, 6.45) is 3.68. The molecule has 8 heteroatoms. The van der Waals surface area contributed by atoms with E-state index in [9.17, 15) is 4.79 Å². The van der Waals surface area contributed by atoms with Gasteiger partial charge in [-0.15, -0.1) is 5.10 Å². The summed E-state index contributed by atoms with van der Waals surface area (Å²) in [6, 6.07) is 12.7. The maximum atomic E-state index is 12.5. The van der Waals surface area contributed by atoms with Crippen molar-refractivity contribution < 1.29 is 9.53 Å². The average molecular weight is 350 g/mol. The van der Waals surface area contributed by atoms with E-state index in [4.69, 9.17) is 4.74 Å². The molecule has 1 atom stereocenters. The molecule has 1 aromatic carbocycles. The highest BCUT2D eigenvalue weighted by atomic mass is 16.5. The third-order valence-electron chi connectivity index (χ3n) is 4.09. The highest BCUT2D eigenvalue weighted by molar-refractivity contribution is 5.92. The van der Waals surface area contributed by atoms with E-state index >= 15 is 0 Å². The van der Waals surface area contributed by atoms with E-state index in [0.29, 0.717) is 23.4 Å². The lowest BCUT2D eigenvalue weighted by Gasteiger charge is -2.13. The SMILES string of the molecule is C[C@H](NC(=O)c1cc(Oc2ccccc2)ccn1)c1nnnn1C1CC1. The third-order valence-corrected chi connectivity index (χ3v) is 4.09. The number of hydrogen-bond donors (Lipinski definition) is 1. The summed E-state index contributed by atoms with van der Waals surface area (Å²) in [6.45, 7) is 1.85. The first-order valence-electron chi connectivity index (χ1n) is 8.48. The molecule has 0 aliphatic heterocycles. The van der Waals surface area contributed by atoms with Crippen LogP contribution in [0.25, 0.3) is 0 Å². The topological polar surface area (TPSA) is 94.8 Å². The molecule has 0 bridgehead atoms. The maximum absolute atomic E-state index is 12.5. The number of nitrogens with zero attached hydrogens (tertiary/aromatic N) is 5. The van der Waals surface area contributed by atoms with Crippen molar-refractivity contribution in [2.75, 3.05) is 0 Å². The first kappa shape index (κ1) is 16.2. The van der Waals surface area contributed by atoms with Crippen molar-refractivity contribution in [1.29, 1.82) is 0 Å². The van der Waals surface area contributed by atoms with Crippen LogP contribution < -0.4 is 10.1 Å². The number of tetrazole rings is 1. The molecule has 2 aromatic heterocycles. The number of para-hydroxylation sites is 1. The summed E-state index contributed by atoms with van der Waals surface area (Å²) in [5.74, 6) is 1.59. The summed E-state index contributed by atoms with van der Waals surface area (Å²) in [4.78, 5) is 16.7. The zero-order chi connectivity index (χ0) is 17.9. The van der Waals surface area contributed by atoms with Gasteiger partial charge in [0.15, 0.2) is 5.82 Å². The van der Waals surface area contributed by atoms with Crippen LogP contribution in [0.15, 0.2) is 48.7 Å². The van der Waals surface area contributed by atoms with Gasteiger partial charge in [0, 0.05) is 12.3 Å². The Morgan fingerprint density at radius 1 is 1.23 bits per heavy atom. The van der Waals surface area contributed by atoms with Crippen molar-refractivity contribution in [1.82, 2.24) is 30.5 Å². The first-order valence-corrected chi connectivity index (χ1v) is 8.48. The van der Waals surface area contributed by atoms with Crippen molar-refractivity contribution in [3.8, 4) is 11.5 Å². The molecule has 0 spiro atoms. The van der Waals surface area contributed by atoms with E-state index in [-0.39, 0.29) is 17.6 Å². The van der Waals surface area contributed by atoms with Crippen LogP contribution in [0.4, 0.5) is 0 Å². The molecule has 4 rings (SSSR count). The Kier molecular flexibility index (Phi) is 4.30. The number of nitrogens with one attached hydrogen (secondary N) is 1. The molecule has 1 saturated carbocycles. The standard InChI is InChI=1S/C18H18N6O2/c1-12(17-21-22-23-24(17)13-7-8-13)20-18(25)16-11-15(9-10-19-16)26-14-5-3-2-4-6-14/h2-6,9-13H,7-8H2,1H3,(H,20,25)/t12-/m0/s1. The predicted molar refractivity (Wildman–Crippen MR) is 92.7 cm³/mol. The largest absolute Gasteiger partial charge is 0.457 e. The molecular weight excluding hydrogens is 332 g/mol. The zero-order valence-electron chi connectivity index (χ0n) is 14.2. The van der Waals surface area contributed by atoms with E-state index in [1.807, 2.05) is 37.3 Å². The Balaban J connectivity index is 1.46. The quantitative estimate of drug-likeness (QED) is 0.734. The maximum Gasteiger partial charge on any atom is 0.270 e. The lowest BCUT2D eigenvalue weighted by atomic mass is 10.2. The molecule has 0 saturated heterocycles. The van der Waals surface area contributed by atoms with E-state index in [1.165, 1.54) is 0 Å². The molecule has 132 valence electrons. The number of ether oxygens (including phenoxy) is 1. The summed E-state index contributed by atoms with van der Waals surface area (Å²) in [5, 5.41) is 14.7. The molecule has 26 heavy (non-hydrogen) atoms. The molecule has 8 nitrogen and oxygen atoms in total.